The van der Waals surface area contributed by atoms with Crippen molar-refractivity contribution >= 4 is 0 Å². The van der Waals surface area contributed by atoms with E-state index in [1.807, 2.05) is 18.2 Å². The zero-order chi connectivity index (χ0) is 13.7. The average Bonchev–Trinajstić information content (AvgIpc) is 2.91. The summed E-state index contributed by atoms with van der Waals surface area (Å²) in [6, 6.07) is 5.54. The first-order valence-electron chi connectivity index (χ1n) is 6.92. The minimum atomic E-state index is -0.535. The van der Waals surface area contributed by atoms with E-state index < -0.39 is 6.10 Å². The highest BCUT2D eigenvalue weighted by molar-refractivity contribution is 5.41. The van der Waals surface area contributed by atoms with Gasteiger partial charge in [0.15, 0.2) is 0 Å². The minimum Gasteiger partial charge on any atom is -0.497 e. The van der Waals surface area contributed by atoms with Crippen LogP contribution < -0.4 is 9.47 Å². The highest BCUT2D eigenvalue weighted by atomic mass is 16.5. The molecule has 1 aliphatic heterocycles. The predicted octanol–water partition coefficient (Wildman–Crippen LogP) is 2.22. The molecule has 0 saturated carbocycles. The van der Waals surface area contributed by atoms with Crippen molar-refractivity contribution in [3.63, 3.8) is 0 Å². The van der Waals surface area contributed by atoms with Gasteiger partial charge in [-0.2, -0.15) is 0 Å². The molecule has 0 aliphatic carbocycles. The second-order valence-corrected chi connectivity index (χ2v) is 4.98. The van der Waals surface area contributed by atoms with Gasteiger partial charge in [-0.15, -0.1) is 0 Å². The number of ether oxygens (including phenoxy) is 2. The third-order valence-electron chi connectivity index (χ3n) is 3.53. The third kappa shape index (κ3) is 3.85. The largest absolute Gasteiger partial charge is 0.497 e. The van der Waals surface area contributed by atoms with Gasteiger partial charge in [0.05, 0.1) is 13.2 Å². The lowest BCUT2D eigenvalue weighted by atomic mass is 10.1. The van der Waals surface area contributed by atoms with Gasteiger partial charge in [0.25, 0.3) is 0 Å². The molecule has 1 aliphatic rings. The Bertz CT molecular complexity index is 400. The van der Waals surface area contributed by atoms with Crippen molar-refractivity contribution in [3.8, 4) is 11.5 Å². The quantitative estimate of drug-likeness (QED) is 0.856. The summed E-state index contributed by atoms with van der Waals surface area (Å²) in [4.78, 5) is 2.40. The van der Waals surface area contributed by atoms with Crippen molar-refractivity contribution in [2.45, 2.75) is 25.9 Å². The van der Waals surface area contributed by atoms with Crippen LogP contribution in [0.1, 0.15) is 31.4 Å². The minimum absolute atomic E-state index is 0.535. The van der Waals surface area contributed by atoms with Gasteiger partial charge in [0.2, 0.25) is 0 Å². The summed E-state index contributed by atoms with van der Waals surface area (Å²) < 4.78 is 11.0. The van der Waals surface area contributed by atoms with Crippen LogP contribution >= 0.6 is 0 Å². The number of benzene rings is 1. The number of aliphatic hydroxyl groups is 1. The van der Waals surface area contributed by atoms with Crippen molar-refractivity contribution in [1.82, 2.24) is 4.90 Å². The van der Waals surface area contributed by atoms with Gasteiger partial charge in [-0.3, -0.25) is 4.90 Å². The molecule has 4 heteroatoms. The van der Waals surface area contributed by atoms with E-state index >= 15 is 0 Å². The van der Waals surface area contributed by atoms with Crippen LogP contribution in [0.3, 0.4) is 0 Å². The third-order valence-corrected chi connectivity index (χ3v) is 3.53. The van der Waals surface area contributed by atoms with Crippen molar-refractivity contribution in [1.29, 1.82) is 0 Å². The Labute approximate surface area is 114 Å². The van der Waals surface area contributed by atoms with Crippen LogP contribution in [0.5, 0.6) is 11.5 Å². The number of hydrogen-bond acceptors (Lipinski definition) is 4. The van der Waals surface area contributed by atoms with Crippen LogP contribution in [0.4, 0.5) is 0 Å². The van der Waals surface area contributed by atoms with Gasteiger partial charge in [-0.1, -0.05) is 0 Å². The monoisotopic (exact) mass is 265 g/mol. The van der Waals surface area contributed by atoms with Crippen LogP contribution in [-0.2, 0) is 0 Å². The number of aliphatic hydroxyl groups excluding tert-OH is 1. The summed E-state index contributed by atoms with van der Waals surface area (Å²) in [6.45, 7) is 5.67. The van der Waals surface area contributed by atoms with Crippen LogP contribution in [0, 0.1) is 0 Å². The molecule has 0 spiro atoms. The number of nitrogens with zero attached hydrogens (tertiary/aromatic N) is 1. The van der Waals surface area contributed by atoms with E-state index in [0.717, 1.165) is 17.9 Å². The maximum absolute atomic E-state index is 9.75. The van der Waals surface area contributed by atoms with Gasteiger partial charge in [0, 0.05) is 18.2 Å². The summed E-state index contributed by atoms with van der Waals surface area (Å²) in [6.07, 6.45) is 2.04. The molecule has 1 fully saturated rings. The van der Waals surface area contributed by atoms with Gasteiger partial charge < -0.3 is 14.6 Å². The highest BCUT2D eigenvalue weighted by Gasteiger charge is 2.13. The fourth-order valence-corrected chi connectivity index (χ4v) is 2.40. The lowest BCUT2D eigenvalue weighted by Gasteiger charge is -2.18. The SMILES string of the molecule is COc1ccc([C@H](C)O)c(OCCN2CCCC2)c1. The molecule has 0 unspecified atom stereocenters. The first kappa shape index (κ1) is 14.2. The highest BCUT2D eigenvalue weighted by Crippen LogP contribution is 2.29. The fraction of sp³-hybridized carbons (Fsp3) is 0.600. The van der Waals surface area contributed by atoms with Gasteiger partial charge in [0.1, 0.15) is 18.1 Å². The molecule has 4 nitrogen and oxygen atoms in total. The second kappa shape index (κ2) is 6.78. The van der Waals surface area contributed by atoms with E-state index in [1.54, 1.807) is 14.0 Å². The summed E-state index contributed by atoms with van der Waals surface area (Å²) >= 11 is 0. The molecule has 1 heterocycles. The number of rotatable bonds is 6. The molecule has 1 atom stereocenters. The summed E-state index contributed by atoms with van der Waals surface area (Å²) in [5.74, 6) is 1.47. The molecule has 0 aromatic heterocycles. The fourth-order valence-electron chi connectivity index (χ4n) is 2.40. The van der Waals surface area contributed by atoms with Gasteiger partial charge in [-0.25, -0.2) is 0 Å². The van der Waals surface area contributed by atoms with E-state index in [2.05, 4.69) is 4.90 Å². The van der Waals surface area contributed by atoms with Gasteiger partial charge in [-0.05, 0) is 45.0 Å². The van der Waals surface area contributed by atoms with E-state index in [1.165, 1.54) is 25.9 Å². The number of methoxy groups -OCH3 is 1. The molecule has 1 aromatic rings. The Morgan fingerprint density at radius 3 is 2.68 bits per heavy atom. The molecule has 2 rings (SSSR count). The molecule has 19 heavy (non-hydrogen) atoms. The Morgan fingerprint density at radius 2 is 2.05 bits per heavy atom. The van der Waals surface area contributed by atoms with Crippen molar-refractivity contribution in [2.75, 3.05) is 33.4 Å². The number of hydrogen-bond donors (Lipinski definition) is 1. The molecule has 106 valence electrons. The van der Waals surface area contributed by atoms with Crippen molar-refractivity contribution in [3.05, 3.63) is 23.8 Å². The zero-order valence-electron chi connectivity index (χ0n) is 11.8. The summed E-state index contributed by atoms with van der Waals surface area (Å²) in [7, 11) is 1.63. The van der Waals surface area contributed by atoms with Crippen LogP contribution in [0.25, 0.3) is 0 Å². The number of likely N-dealkylation sites (tertiary alicyclic amines) is 1. The van der Waals surface area contributed by atoms with E-state index in [-0.39, 0.29) is 0 Å². The summed E-state index contributed by atoms with van der Waals surface area (Å²) in [5.41, 5.74) is 0.808. The molecular weight excluding hydrogens is 242 g/mol. The van der Waals surface area contributed by atoms with Crippen molar-refractivity contribution < 1.29 is 14.6 Å². The molecule has 1 aromatic carbocycles. The maximum atomic E-state index is 9.75. The van der Waals surface area contributed by atoms with E-state index in [9.17, 15) is 5.11 Å². The maximum Gasteiger partial charge on any atom is 0.128 e. The Morgan fingerprint density at radius 1 is 1.32 bits per heavy atom. The average molecular weight is 265 g/mol. The second-order valence-electron chi connectivity index (χ2n) is 4.98. The first-order valence-corrected chi connectivity index (χ1v) is 6.92. The normalized spacial score (nSPS) is 17.4. The Kier molecular flexibility index (Phi) is 5.05. The molecule has 0 amide bonds. The van der Waals surface area contributed by atoms with E-state index in [0.29, 0.717) is 12.4 Å². The first-order chi connectivity index (χ1) is 9.20. The van der Waals surface area contributed by atoms with Crippen molar-refractivity contribution in [2.24, 2.45) is 0 Å². The topological polar surface area (TPSA) is 41.9 Å². The van der Waals surface area contributed by atoms with Crippen LogP contribution in [0.15, 0.2) is 18.2 Å². The Hall–Kier alpha value is -1.26. The summed E-state index contributed by atoms with van der Waals surface area (Å²) in [5, 5.41) is 9.75. The van der Waals surface area contributed by atoms with E-state index in [4.69, 9.17) is 9.47 Å². The smallest absolute Gasteiger partial charge is 0.128 e. The lowest BCUT2D eigenvalue weighted by Crippen LogP contribution is -2.25. The van der Waals surface area contributed by atoms with Crippen LogP contribution in [-0.4, -0.2) is 43.4 Å². The Balaban J connectivity index is 1.96. The lowest BCUT2D eigenvalue weighted by molar-refractivity contribution is 0.186. The molecule has 0 radical (unpaired) electrons. The molecular formula is C15H23NO3. The van der Waals surface area contributed by atoms with Crippen LogP contribution in [0.2, 0.25) is 0 Å². The van der Waals surface area contributed by atoms with Gasteiger partial charge >= 0.3 is 0 Å². The molecule has 1 N–H and O–H groups in total. The molecule has 0 bridgehead atoms. The predicted molar refractivity (Wildman–Crippen MR) is 74.8 cm³/mol. The standard InChI is InChI=1S/C15H23NO3/c1-12(17)14-6-5-13(18-2)11-15(14)19-10-9-16-7-3-4-8-16/h5-6,11-12,17H,3-4,7-10H2,1-2H3/t12-/m0/s1. The zero-order valence-corrected chi connectivity index (χ0v) is 11.8. The molecule has 1 saturated heterocycles.